The molecule has 0 bridgehead atoms. The van der Waals surface area contributed by atoms with Crippen LogP contribution in [0.1, 0.15) is 12.5 Å². The minimum atomic E-state index is 0.197. The Morgan fingerprint density at radius 1 is 0.941 bits per heavy atom. The molecule has 5 nitrogen and oxygen atoms in total. The summed E-state index contributed by atoms with van der Waals surface area (Å²) in [5, 5.41) is 16.5. The number of nitrogens with zero attached hydrogens (tertiary/aromatic N) is 1. The van der Waals surface area contributed by atoms with Gasteiger partial charge in [-0.05, 0) is 43.9 Å². The van der Waals surface area contributed by atoms with Crippen molar-refractivity contribution in [3.05, 3.63) is 84.7 Å². The Hall–Kier alpha value is -3.12. The summed E-state index contributed by atoms with van der Waals surface area (Å²) in [5.41, 5.74) is 1.17. The molecule has 0 aromatic heterocycles. The standard InChI is InChI=1S/C29H31N3O2/c1-20(29-18-31-13-15-33-29)28-17-30-12-14-32(28)34-19-21-6-9-25-23(16-21)8-11-26-24-5-3-2-4-22(24)7-10-27(25)26/h2-12,14,16,20,28-31H,13,15,17-19H2,1H3. The summed E-state index contributed by atoms with van der Waals surface area (Å²) in [6.07, 6.45) is 4.16. The fourth-order valence-corrected chi connectivity index (χ4v) is 5.36. The van der Waals surface area contributed by atoms with Crippen LogP contribution in [0.4, 0.5) is 0 Å². The van der Waals surface area contributed by atoms with Crippen LogP contribution in [0.15, 0.2) is 79.1 Å². The molecule has 1 fully saturated rings. The highest BCUT2D eigenvalue weighted by Gasteiger charge is 2.32. The van der Waals surface area contributed by atoms with Gasteiger partial charge in [-0.25, -0.2) is 0 Å². The molecule has 0 radical (unpaired) electrons. The van der Waals surface area contributed by atoms with Crippen LogP contribution < -0.4 is 10.6 Å². The van der Waals surface area contributed by atoms with Gasteiger partial charge in [-0.3, -0.25) is 9.90 Å². The van der Waals surface area contributed by atoms with Crippen LogP contribution in [0, 0.1) is 5.92 Å². The molecule has 0 spiro atoms. The van der Waals surface area contributed by atoms with E-state index in [1.54, 1.807) is 0 Å². The zero-order chi connectivity index (χ0) is 22.9. The molecule has 3 unspecified atom stereocenters. The zero-order valence-corrected chi connectivity index (χ0v) is 19.5. The van der Waals surface area contributed by atoms with Crippen LogP contribution >= 0.6 is 0 Å². The van der Waals surface area contributed by atoms with Crippen molar-refractivity contribution in [2.45, 2.75) is 25.7 Å². The van der Waals surface area contributed by atoms with E-state index < -0.39 is 0 Å². The molecule has 0 aliphatic carbocycles. The molecular weight excluding hydrogens is 422 g/mol. The molecule has 0 saturated carbocycles. The van der Waals surface area contributed by atoms with Gasteiger partial charge in [0, 0.05) is 38.0 Å². The first-order valence-corrected chi connectivity index (χ1v) is 12.2. The average molecular weight is 454 g/mol. The monoisotopic (exact) mass is 453 g/mol. The normalized spacial score (nSPS) is 21.7. The molecule has 174 valence electrons. The van der Waals surface area contributed by atoms with Crippen LogP contribution in [0.2, 0.25) is 0 Å². The number of hydroxylamine groups is 2. The summed E-state index contributed by atoms with van der Waals surface area (Å²) in [6.45, 7) is 6.22. The fourth-order valence-electron chi connectivity index (χ4n) is 5.36. The van der Waals surface area contributed by atoms with Gasteiger partial charge in [-0.15, -0.1) is 0 Å². The minimum Gasteiger partial charge on any atom is -0.387 e. The molecule has 4 aromatic rings. The summed E-state index contributed by atoms with van der Waals surface area (Å²) in [7, 11) is 0. The van der Waals surface area contributed by atoms with Crippen LogP contribution in [0.5, 0.6) is 0 Å². The van der Waals surface area contributed by atoms with E-state index in [1.165, 1.54) is 37.9 Å². The van der Waals surface area contributed by atoms with Crippen molar-refractivity contribution in [2.24, 2.45) is 5.92 Å². The van der Waals surface area contributed by atoms with Gasteiger partial charge in [0.1, 0.15) is 0 Å². The van der Waals surface area contributed by atoms with Gasteiger partial charge in [0.05, 0.1) is 25.4 Å². The number of fused-ring (bicyclic) bond motifs is 5. The summed E-state index contributed by atoms with van der Waals surface area (Å²) in [4.78, 5) is 6.32. The number of morpholine rings is 1. The van der Waals surface area contributed by atoms with Gasteiger partial charge in [0.15, 0.2) is 0 Å². The van der Waals surface area contributed by atoms with E-state index in [9.17, 15) is 0 Å². The Labute approximate surface area is 200 Å². The molecule has 3 atom stereocenters. The minimum absolute atomic E-state index is 0.197. The van der Waals surface area contributed by atoms with Gasteiger partial charge in [-0.1, -0.05) is 67.6 Å². The molecule has 5 heteroatoms. The van der Waals surface area contributed by atoms with Crippen molar-refractivity contribution in [3.63, 3.8) is 0 Å². The zero-order valence-electron chi connectivity index (χ0n) is 19.5. The molecule has 4 aromatic carbocycles. The van der Waals surface area contributed by atoms with Crippen molar-refractivity contribution in [1.82, 2.24) is 15.7 Å². The van der Waals surface area contributed by atoms with E-state index in [0.717, 1.165) is 26.2 Å². The Morgan fingerprint density at radius 2 is 1.74 bits per heavy atom. The maximum atomic E-state index is 6.32. The number of ether oxygens (including phenoxy) is 1. The van der Waals surface area contributed by atoms with E-state index in [4.69, 9.17) is 9.57 Å². The van der Waals surface area contributed by atoms with Gasteiger partial charge >= 0.3 is 0 Å². The highest BCUT2D eigenvalue weighted by molar-refractivity contribution is 6.17. The summed E-state index contributed by atoms with van der Waals surface area (Å²) < 4.78 is 6.02. The quantitative estimate of drug-likeness (QED) is 0.419. The average Bonchev–Trinajstić information content (AvgIpc) is 2.91. The molecule has 2 heterocycles. The highest BCUT2D eigenvalue weighted by Crippen LogP contribution is 2.32. The lowest BCUT2D eigenvalue weighted by atomic mass is 9.94. The number of nitrogens with one attached hydrogen (secondary N) is 2. The fraction of sp³-hybridized carbons (Fsp3) is 0.310. The van der Waals surface area contributed by atoms with E-state index in [-0.39, 0.29) is 12.1 Å². The van der Waals surface area contributed by atoms with Crippen molar-refractivity contribution >= 4 is 32.3 Å². The Bertz CT molecular complexity index is 1350. The van der Waals surface area contributed by atoms with Crippen LogP contribution in [0.3, 0.4) is 0 Å². The molecule has 6 rings (SSSR count). The Kier molecular flexibility index (Phi) is 5.83. The first-order chi connectivity index (χ1) is 16.8. The third kappa shape index (κ3) is 4.00. The summed E-state index contributed by atoms with van der Waals surface area (Å²) in [6, 6.07) is 24.4. The van der Waals surface area contributed by atoms with Crippen molar-refractivity contribution in [2.75, 3.05) is 26.2 Å². The second-order valence-electron chi connectivity index (χ2n) is 9.40. The van der Waals surface area contributed by atoms with Crippen LogP contribution in [-0.4, -0.2) is 43.5 Å². The number of rotatable bonds is 5. The predicted molar refractivity (Wildman–Crippen MR) is 138 cm³/mol. The molecule has 2 N–H and O–H groups in total. The van der Waals surface area contributed by atoms with Gasteiger partial charge in [0.25, 0.3) is 0 Å². The lowest BCUT2D eigenvalue weighted by Crippen LogP contribution is -2.53. The molecule has 34 heavy (non-hydrogen) atoms. The molecule has 0 amide bonds. The second-order valence-corrected chi connectivity index (χ2v) is 9.40. The Morgan fingerprint density at radius 3 is 2.59 bits per heavy atom. The first-order valence-electron chi connectivity index (χ1n) is 12.2. The predicted octanol–water partition coefficient (Wildman–Crippen LogP) is 4.95. The number of hydrogen-bond donors (Lipinski definition) is 2. The SMILES string of the molecule is CC(C1CNCCO1)C1CNC=CN1OCc1ccc2c(ccc3c4ccccc4ccc23)c1. The van der Waals surface area contributed by atoms with Crippen molar-refractivity contribution in [3.8, 4) is 0 Å². The summed E-state index contributed by atoms with van der Waals surface area (Å²) >= 11 is 0. The Balaban J connectivity index is 1.23. The van der Waals surface area contributed by atoms with Gasteiger partial charge in [-0.2, -0.15) is 0 Å². The maximum absolute atomic E-state index is 6.32. The van der Waals surface area contributed by atoms with Crippen molar-refractivity contribution < 1.29 is 9.57 Å². The smallest absolute Gasteiger partial charge is 0.0999 e. The van der Waals surface area contributed by atoms with Gasteiger partial charge in [0.2, 0.25) is 0 Å². The largest absolute Gasteiger partial charge is 0.387 e. The third-order valence-electron chi connectivity index (χ3n) is 7.33. The lowest BCUT2D eigenvalue weighted by molar-refractivity contribution is -0.183. The van der Waals surface area contributed by atoms with E-state index in [2.05, 4.69) is 84.3 Å². The summed E-state index contributed by atoms with van der Waals surface area (Å²) in [5.74, 6) is 0.336. The van der Waals surface area contributed by atoms with E-state index in [0.29, 0.717) is 12.5 Å². The maximum Gasteiger partial charge on any atom is 0.0999 e. The topological polar surface area (TPSA) is 45.8 Å². The molecule has 2 aliphatic heterocycles. The van der Waals surface area contributed by atoms with Gasteiger partial charge < -0.3 is 15.4 Å². The lowest BCUT2D eigenvalue weighted by Gasteiger charge is -2.40. The third-order valence-corrected chi connectivity index (χ3v) is 7.33. The number of hydrogen-bond acceptors (Lipinski definition) is 5. The highest BCUT2D eigenvalue weighted by atomic mass is 16.7. The molecule has 2 aliphatic rings. The first kappa shape index (κ1) is 21.4. The number of benzene rings is 4. The second kappa shape index (κ2) is 9.26. The van der Waals surface area contributed by atoms with Crippen LogP contribution in [0.25, 0.3) is 32.3 Å². The van der Waals surface area contributed by atoms with Crippen molar-refractivity contribution in [1.29, 1.82) is 0 Å². The molecular formula is C29H31N3O2. The van der Waals surface area contributed by atoms with E-state index in [1.807, 2.05) is 17.5 Å². The van der Waals surface area contributed by atoms with E-state index >= 15 is 0 Å². The van der Waals surface area contributed by atoms with Crippen LogP contribution in [-0.2, 0) is 16.2 Å². The molecule has 1 saturated heterocycles.